The first kappa shape index (κ1) is 11.0. The van der Waals surface area contributed by atoms with Gasteiger partial charge in [-0.3, -0.25) is 0 Å². The third kappa shape index (κ3) is 2.95. The topological polar surface area (TPSA) is 15.3 Å². The average molecular weight is 269 g/mol. The van der Waals surface area contributed by atoms with Gasteiger partial charge >= 0.3 is 0 Å². The van der Waals surface area contributed by atoms with E-state index in [1.165, 1.54) is 24.2 Å². The van der Waals surface area contributed by atoms with E-state index in [2.05, 4.69) is 58.3 Å². The molecule has 1 fully saturated rings. The highest BCUT2D eigenvalue weighted by Crippen LogP contribution is 2.21. The van der Waals surface area contributed by atoms with E-state index in [9.17, 15) is 0 Å². The number of nitrogens with zero attached hydrogens (tertiary/aromatic N) is 1. The van der Waals surface area contributed by atoms with Gasteiger partial charge in [-0.1, -0.05) is 15.9 Å². The molecular formula is C12H17BrN2. The first-order chi connectivity index (χ1) is 7.13. The third-order valence-electron chi connectivity index (χ3n) is 2.80. The zero-order valence-corrected chi connectivity index (χ0v) is 10.8. The van der Waals surface area contributed by atoms with E-state index in [4.69, 9.17) is 0 Å². The van der Waals surface area contributed by atoms with Crippen molar-refractivity contribution in [2.45, 2.75) is 19.4 Å². The van der Waals surface area contributed by atoms with Crippen molar-refractivity contribution in [1.29, 1.82) is 0 Å². The lowest BCUT2D eigenvalue weighted by Gasteiger charge is -2.15. The first-order valence-corrected chi connectivity index (χ1v) is 6.15. The Kier molecular flexibility index (Phi) is 3.32. The molecule has 0 saturated carbocycles. The number of hydrogen-bond donors (Lipinski definition) is 1. The van der Waals surface area contributed by atoms with Gasteiger partial charge in [-0.15, -0.1) is 0 Å². The van der Waals surface area contributed by atoms with Crippen LogP contribution in [0.15, 0.2) is 22.7 Å². The zero-order valence-electron chi connectivity index (χ0n) is 9.26. The van der Waals surface area contributed by atoms with Gasteiger partial charge in [0.1, 0.15) is 0 Å². The summed E-state index contributed by atoms with van der Waals surface area (Å²) in [5.41, 5.74) is 2.51. The summed E-state index contributed by atoms with van der Waals surface area (Å²) in [6.07, 6.45) is 1.24. The molecule has 0 spiro atoms. The van der Waals surface area contributed by atoms with Crippen LogP contribution in [0, 0.1) is 6.92 Å². The molecule has 2 rings (SSSR count). The fourth-order valence-corrected chi connectivity index (χ4v) is 2.72. The molecule has 1 unspecified atom stereocenters. The van der Waals surface area contributed by atoms with Crippen molar-refractivity contribution in [3.63, 3.8) is 0 Å². The van der Waals surface area contributed by atoms with Gasteiger partial charge in [0.15, 0.2) is 0 Å². The predicted molar refractivity (Wildman–Crippen MR) is 68.4 cm³/mol. The normalized spacial score (nSPS) is 21.9. The van der Waals surface area contributed by atoms with E-state index < -0.39 is 0 Å². The number of nitrogens with one attached hydrogen (secondary N) is 1. The minimum Gasteiger partial charge on any atom is -0.381 e. The van der Waals surface area contributed by atoms with Gasteiger partial charge < -0.3 is 10.2 Å². The Morgan fingerprint density at radius 1 is 1.40 bits per heavy atom. The van der Waals surface area contributed by atoms with Crippen LogP contribution in [0.1, 0.15) is 12.0 Å². The molecule has 1 atom stereocenters. The van der Waals surface area contributed by atoms with E-state index in [-0.39, 0.29) is 0 Å². The van der Waals surface area contributed by atoms with E-state index in [1.54, 1.807) is 0 Å². The summed E-state index contributed by atoms with van der Waals surface area (Å²) < 4.78 is 1.15. The number of benzene rings is 1. The summed E-state index contributed by atoms with van der Waals surface area (Å²) in [7, 11) is 2.17. The SMILES string of the molecule is Cc1cc(Br)cc(NC2CCN(C)C2)c1. The van der Waals surface area contributed by atoms with Gasteiger partial charge in [0.05, 0.1) is 0 Å². The highest BCUT2D eigenvalue weighted by molar-refractivity contribution is 9.10. The van der Waals surface area contributed by atoms with E-state index in [1.807, 2.05) is 0 Å². The fourth-order valence-electron chi connectivity index (χ4n) is 2.11. The second kappa shape index (κ2) is 4.54. The Balaban J connectivity index is 2.04. The molecule has 1 aliphatic rings. The van der Waals surface area contributed by atoms with Crippen LogP contribution in [-0.2, 0) is 0 Å². The molecule has 0 radical (unpaired) electrons. The Morgan fingerprint density at radius 3 is 2.80 bits per heavy atom. The van der Waals surface area contributed by atoms with Crippen molar-refractivity contribution in [3.8, 4) is 0 Å². The number of aryl methyl sites for hydroxylation is 1. The summed E-state index contributed by atoms with van der Waals surface area (Å²) >= 11 is 3.52. The summed E-state index contributed by atoms with van der Waals surface area (Å²) in [4.78, 5) is 2.36. The minimum absolute atomic E-state index is 0.601. The summed E-state index contributed by atoms with van der Waals surface area (Å²) in [6.45, 7) is 4.47. The molecule has 0 amide bonds. The standard InChI is InChI=1S/C12H17BrN2/c1-9-5-10(13)7-12(6-9)14-11-3-4-15(2)8-11/h5-7,11,14H,3-4,8H2,1-2H3. The van der Waals surface area contributed by atoms with Crippen molar-refractivity contribution >= 4 is 21.6 Å². The smallest absolute Gasteiger partial charge is 0.0400 e. The van der Waals surface area contributed by atoms with E-state index in [0.29, 0.717) is 6.04 Å². The summed E-state index contributed by atoms with van der Waals surface area (Å²) in [5.74, 6) is 0. The van der Waals surface area contributed by atoms with E-state index in [0.717, 1.165) is 11.0 Å². The molecule has 1 saturated heterocycles. The number of rotatable bonds is 2. The molecule has 2 nitrogen and oxygen atoms in total. The third-order valence-corrected chi connectivity index (χ3v) is 3.26. The monoisotopic (exact) mass is 268 g/mol. The fraction of sp³-hybridized carbons (Fsp3) is 0.500. The van der Waals surface area contributed by atoms with E-state index >= 15 is 0 Å². The largest absolute Gasteiger partial charge is 0.381 e. The molecule has 1 aromatic rings. The molecule has 0 aliphatic carbocycles. The maximum absolute atomic E-state index is 3.58. The van der Waals surface area contributed by atoms with Gasteiger partial charge in [-0.05, 0) is 50.7 Å². The maximum atomic E-state index is 3.58. The van der Waals surface area contributed by atoms with Crippen LogP contribution >= 0.6 is 15.9 Å². The lowest BCUT2D eigenvalue weighted by molar-refractivity contribution is 0.414. The highest BCUT2D eigenvalue weighted by Gasteiger charge is 2.18. The number of hydrogen-bond acceptors (Lipinski definition) is 2. The predicted octanol–water partition coefficient (Wildman–Crippen LogP) is 2.87. The van der Waals surface area contributed by atoms with Crippen LogP contribution in [0.2, 0.25) is 0 Å². The Bertz CT molecular complexity index is 331. The molecular weight excluding hydrogens is 252 g/mol. The maximum Gasteiger partial charge on any atom is 0.0400 e. The van der Waals surface area contributed by atoms with Gasteiger partial charge in [-0.25, -0.2) is 0 Å². The van der Waals surface area contributed by atoms with Gasteiger partial charge in [-0.2, -0.15) is 0 Å². The summed E-state index contributed by atoms with van der Waals surface area (Å²) in [6, 6.07) is 7.07. The number of halogens is 1. The number of anilines is 1. The molecule has 1 N–H and O–H groups in total. The van der Waals surface area contributed by atoms with Gasteiger partial charge in [0.2, 0.25) is 0 Å². The zero-order chi connectivity index (χ0) is 10.8. The van der Waals surface area contributed by atoms with Crippen molar-refractivity contribution in [1.82, 2.24) is 4.90 Å². The Labute approximate surface area is 99.8 Å². The van der Waals surface area contributed by atoms with Crippen LogP contribution < -0.4 is 5.32 Å². The molecule has 0 aromatic heterocycles. The lowest BCUT2D eigenvalue weighted by Crippen LogP contribution is -2.23. The quantitative estimate of drug-likeness (QED) is 0.888. The van der Waals surface area contributed by atoms with Crippen LogP contribution in [0.25, 0.3) is 0 Å². The van der Waals surface area contributed by atoms with Gasteiger partial charge in [0.25, 0.3) is 0 Å². The minimum atomic E-state index is 0.601. The lowest BCUT2D eigenvalue weighted by atomic mass is 10.2. The Morgan fingerprint density at radius 2 is 2.20 bits per heavy atom. The second-order valence-corrected chi connectivity index (χ2v) is 5.33. The molecule has 82 valence electrons. The number of likely N-dealkylation sites (N-methyl/N-ethyl adjacent to an activating group) is 1. The average Bonchev–Trinajstić information content (AvgIpc) is 2.49. The van der Waals surface area contributed by atoms with Crippen LogP contribution in [0.5, 0.6) is 0 Å². The molecule has 1 heterocycles. The molecule has 1 aromatic carbocycles. The number of likely N-dealkylation sites (tertiary alicyclic amines) is 1. The molecule has 0 bridgehead atoms. The van der Waals surface area contributed by atoms with Crippen LogP contribution in [0.4, 0.5) is 5.69 Å². The van der Waals surface area contributed by atoms with Crippen LogP contribution in [0.3, 0.4) is 0 Å². The van der Waals surface area contributed by atoms with Crippen LogP contribution in [-0.4, -0.2) is 31.1 Å². The summed E-state index contributed by atoms with van der Waals surface area (Å²) in [5, 5.41) is 3.58. The van der Waals surface area contributed by atoms with Crippen molar-refractivity contribution in [2.75, 3.05) is 25.5 Å². The molecule has 1 aliphatic heterocycles. The Hall–Kier alpha value is -0.540. The van der Waals surface area contributed by atoms with Crippen molar-refractivity contribution in [3.05, 3.63) is 28.2 Å². The molecule has 15 heavy (non-hydrogen) atoms. The molecule has 3 heteroatoms. The van der Waals surface area contributed by atoms with Crippen molar-refractivity contribution in [2.24, 2.45) is 0 Å². The highest BCUT2D eigenvalue weighted by atomic mass is 79.9. The van der Waals surface area contributed by atoms with Crippen molar-refractivity contribution < 1.29 is 0 Å². The first-order valence-electron chi connectivity index (χ1n) is 5.36. The van der Waals surface area contributed by atoms with Gasteiger partial charge in [0, 0.05) is 22.7 Å². The second-order valence-electron chi connectivity index (χ2n) is 4.41.